The summed E-state index contributed by atoms with van der Waals surface area (Å²) in [7, 11) is 0. The second kappa shape index (κ2) is 45.4. The maximum atomic E-state index is 2.47. The van der Waals surface area contributed by atoms with Gasteiger partial charge in [-0.3, -0.25) is 0 Å². The topological polar surface area (TPSA) is 3.24 Å². The Balaban J connectivity index is 0.00000141. The Morgan fingerprint density at radius 2 is 0.271 bits per heavy atom. The fourth-order valence-electron chi connectivity index (χ4n) is 9.92. The zero-order chi connectivity index (χ0) is 64.3. The lowest BCUT2D eigenvalue weighted by molar-refractivity contribution is 1.15. The Hall–Kier alpha value is -8.00. The summed E-state index contributed by atoms with van der Waals surface area (Å²) in [6.07, 6.45) is 0. The van der Waals surface area contributed by atoms with Gasteiger partial charge in [0, 0.05) is 0 Å². The van der Waals surface area contributed by atoms with Gasteiger partial charge >= 0.3 is 0 Å². The van der Waals surface area contributed by atoms with Crippen LogP contribution >= 0.6 is 0 Å². The molecule has 0 radical (unpaired) electrons. The highest BCUT2D eigenvalue weighted by atomic mass is 15.2. The molecule has 0 unspecified atom stereocenters. The van der Waals surface area contributed by atoms with E-state index in [0.717, 1.165) is 0 Å². The fourth-order valence-corrected chi connectivity index (χ4v) is 9.92. The molecule has 0 saturated heterocycles. The van der Waals surface area contributed by atoms with Gasteiger partial charge in [0.2, 0.25) is 0 Å². The third kappa shape index (κ3) is 20.6. The van der Waals surface area contributed by atoms with Gasteiger partial charge in [0.05, 0.1) is 17.1 Å². The molecule has 0 fully saturated rings. The second-order valence-electron chi connectivity index (χ2n) is 17.5. The molecule has 452 valence electrons. The standard InChI is InChI=1S/C42H30.C24H27N.9C2H6/c1-7-19-31(20-8-1)37-38(32-21-9-2-10-22-32)40(34-25-13-4-14-26-34)42(36-29-17-6-18-30-36)41(35-27-15-5-16-28-35)39(37)33-23-11-3-12-24-33;1-16-10-7-11-17(2)22(16)25(23-18(3)12-8-13-19(23)4)24-20(5)14-9-15-21(24)6;9*1-2/h1-30H;7-15H,1-6H3;9*1-2H3. The first-order valence-corrected chi connectivity index (χ1v) is 32.4. The van der Waals surface area contributed by atoms with E-state index in [1.807, 2.05) is 125 Å². The minimum Gasteiger partial charge on any atom is -0.309 e. The number of nitrogens with zero attached hydrogens (tertiary/aromatic N) is 1. The van der Waals surface area contributed by atoms with Gasteiger partial charge in [-0.2, -0.15) is 0 Å². The summed E-state index contributed by atoms with van der Waals surface area (Å²) in [5.41, 5.74) is 26.3. The molecule has 10 rings (SSSR count). The average Bonchev–Trinajstić information content (AvgIpc) is 3.06. The molecule has 1 heteroatoms. The SMILES string of the molecule is CC.CC.CC.CC.CC.CC.CC.CC.CC.Cc1cccc(C)c1N(c1c(C)cccc1C)c1c(C)cccc1C.c1ccc(-c2c(-c3ccccc3)c(-c3ccccc3)c(-c3ccccc3)c(-c3ccccc3)c2-c2ccccc2)cc1. The number of benzene rings is 10. The first-order valence-electron chi connectivity index (χ1n) is 32.4. The van der Waals surface area contributed by atoms with Gasteiger partial charge < -0.3 is 4.90 Å². The van der Waals surface area contributed by atoms with E-state index in [2.05, 4.69) is 283 Å². The van der Waals surface area contributed by atoms with Gasteiger partial charge in [0.15, 0.2) is 0 Å². The number of anilines is 3. The molecule has 10 aromatic carbocycles. The molecular formula is C84H111N. The molecular weight excluding hydrogens is 1020 g/mol. The zero-order valence-corrected chi connectivity index (χ0v) is 57.5. The molecule has 0 atom stereocenters. The van der Waals surface area contributed by atoms with Gasteiger partial charge in [-0.25, -0.2) is 0 Å². The molecule has 0 N–H and O–H groups in total. The Morgan fingerprint density at radius 1 is 0.153 bits per heavy atom. The van der Waals surface area contributed by atoms with Crippen LogP contribution < -0.4 is 4.90 Å². The van der Waals surface area contributed by atoms with E-state index in [1.54, 1.807) is 0 Å². The summed E-state index contributed by atoms with van der Waals surface area (Å²) in [4.78, 5) is 2.47. The van der Waals surface area contributed by atoms with E-state index in [4.69, 9.17) is 0 Å². The summed E-state index contributed by atoms with van der Waals surface area (Å²) < 4.78 is 0. The third-order valence-electron chi connectivity index (χ3n) is 12.9. The third-order valence-corrected chi connectivity index (χ3v) is 12.9. The predicted molar refractivity (Wildman–Crippen MR) is 391 cm³/mol. The molecule has 0 spiro atoms. The van der Waals surface area contributed by atoms with E-state index in [-0.39, 0.29) is 0 Å². The van der Waals surface area contributed by atoms with Crippen LogP contribution in [0.3, 0.4) is 0 Å². The van der Waals surface area contributed by atoms with E-state index in [0.29, 0.717) is 0 Å². The van der Waals surface area contributed by atoms with Gasteiger partial charge in [-0.05, 0) is 142 Å². The maximum Gasteiger partial charge on any atom is 0.0520 e. The van der Waals surface area contributed by atoms with Crippen molar-refractivity contribution in [3.63, 3.8) is 0 Å². The highest BCUT2D eigenvalue weighted by Crippen LogP contribution is 2.56. The summed E-state index contributed by atoms with van der Waals surface area (Å²) in [6, 6.07) is 85.0. The monoisotopic (exact) mass is 1130 g/mol. The first-order chi connectivity index (χ1) is 41.8. The number of para-hydroxylation sites is 3. The van der Waals surface area contributed by atoms with Crippen LogP contribution in [0.4, 0.5) is 17.1 Å². The smallest absolute Gasteiger partial charge is 0.0520 e. The van der Waals surface area contributed by atoms with Crippen LogP contribution in [0.2, 0.25) is 0 Å². The number of rotatable bonds is 9. The second-order valence-corrected chi connectivity index (χ2v) is 17.5. The Morgan fingerprint density at radius 3 is 0.388 bits per heavy atom. The van der Waals surface area contributed by atoms with Crippen LogP contribution in [-0.2, 0) is 0 Å². The molecule has 85 heavy (non-hydrogen) atoms. The van der Waals surface area contributed by atoms with Crippen LogP contribution in [0, 0.1) is 41.5 Å². The highest BCUT2D eigenvalue weighted by Gasteiger charge is 2.29. The van der Waals surface area contributed by atoms with Crippen LogP contribution in [0.25, 0.3) is 66.8 Å². The lowest BCUT2D eigenvalue weighted by Gasteiger charge is -2.33. The molecule has 0 aliphatic rings. The summed E-state index contributed by atoms with van der Waals surface area (Å²) in [5, 5.41) is 0. The predicted octanol–water partition coefficient (Wildman–Crippen LogP) is 27.9. The quantitative estimate of drug-likeness (QED) is 0.139. The van der Waals surface area contributed by atoms with Crippen molar-refractivity contribution in [3.05, 3.63) is 270 Å². The fraction of sp³-hybridized carbons (Fsp3) is 0.286. The van der Waals surface area contributed by atoms with Crippen molar-refractivity contribution in [1.29, 1.82) is 0 Å². The van der Waals surface area contributed by atoms with Crippen molar-refractivity contribution in [3.8, 4) is 66.8 Å². The first kappa shape index (κ1) is 77.0. The molecule has 0 aliphatic heterocycles. The molecule has 0 heterocycles. The molecule has 1 nitrogen and oxygen atoms in total. The van der Waals surface area contributed by atoms with E-state index >= 15 is 0 Å². The molecule has 0 aromatic heterocycles. The molecule has 0 amide bonds. The van der Waals surface area contributed by atoms with Gasteiger partial charge in [-0.1, -0.05) is 361 Å². The number of aryl methyl sites for hydroxylation is 6. The lowest BCUT2D eigenvalue weighted by Crippen LogP contribution is -2.17. The lowest BCUT2D eigenvalue weighted by atomic mass is 9.74. The highest BCUT2D eigenvalue weighted by molar-refractivity contribution is 6.15. The van der Waals surface area contributed by atoms with Crippen LogP contribution in [-0.4, -0.2) is 0 Å². The minimum absolute atomic E-state index is 1.20. The molecule has 0 bridgehead atoms. The summed E-state index contributed by atoms with van der Waals surface area (Å²) >= 11 is 0. The van der Waals surface area contributed by atoms with Crippen LogP contribution in [0.1, 0.15) is 158 Å². The summed E-state index contributed by atoms with van der Waals surface area (Å²) in [5.74, 6) is 0. The Bertz CT molecular complexity index is 2670. The van der Waals surface area contributed by atoms with E-state index in [1.165, 1.54) is 117 Å². The van der Waals surface area contributed by atoms with E-state index in [9.17, 15) is 0 Å². The number of hydrogen-bond donors (Lipinski definition) is 0. The Kier molecular flexibility index (Phi) is 41.2. The molecule has 0 saturated carbocycles. The Labute approximate surface area is 522 Å². The van der Waals surface area contributed by atoms with E-state index < -0.39 is 0 Å². The van der Waals surface area contributed by atoms with Crippen molar-refractivity contribution in [2.75, 3.05) is 4.90 Å². The van der Waals surface area contributed by atoms with Crippen LogP contribution in [0.5, 0.6) is 0 Å². The van der Waals surface area contributed by atoms with Gasteiger partial charge in [0.1, 0.15) is 0 Å². The van der Waals surface area contributed by atoms with Gasteiger partial charge in [0.25, 0.3) is 0 Å². The normalized spacial score (nSPS) is 9.18. The molecule has 0 aliphatic carbocycles. The largest absolute Gasteiger partial charge is 0.309 e. The van der Waals surface area contributed by atoms with Crippen molar-refractivity contribution in [2.45, 2.75) is 166 Å². The number of hydrogen-bond acceptors (Lipinski definition) is 1. The minimum atomic E-state index is 1.20. The molecule has 10 aromatic rings. The van der Waals surface area contributed by atoms with Gasteiger partial charge in [-0.15, -0.1) is 0 Å². The summed E-state index contributed by atoms with van der Waals surface area (Å²) in [6.45, 7) is 49.2. The zero-order valence-electron chi connectivity index (χ0n) is 57.5. The van der Waals surface area contributed by atoms with Crippen molar-refractivity contribution in [1.82, 2.24) is 0 Å². The maximum absolute atomic E-state index is 2.47. The van der Waals surface area contributed by atoms with Crippen molar-refractivity contribution >= 4 is 17.1 Å². The average molecular weight is 1130 g/mol. The van der Waals surface area contributed by atoms with Crippen molar-refractivity contribution < 1.29 is 0 Å². The van der Waals surface area contributed by atoms with Crippen molar-refractivity contribution in [2.24, 2.45) is 0 Å². The van der Waals surface area contributed by atoms with Crippen LogP contribution in [0.15, 0.2) is 237 Å².